The van der Waals surface area contributed by atoms with Gasteiger partial charge in [0.1, 0.15) is 5.54 Å². The molecule has 0 aromatic heterocycles. The second-order valence-electron chi connectivity index (χ2n) is 7.70. The van der Waals surface area contributed by atoms with Crippen molar-refractivity contribution in [2.75, 3.05) is 18.0 Å². The van der Waals surface area contributed by atoms with Gasteiger partial charge in [-0.15, -0.1) is 0 Å². The summed E-state index contributed by atoms with van der Waals surface area (Å²) in [7, 11) is 0. The lowest BCUT2D eigenvalue weighted by atomic mass is 9.98. The van der Waals surface area contributed by atoms with Crippen molar-refractivity contribution in [2.24, 2.45) is 0 Å². The van der Waals surface area contributed by atoms with E-state index in [1.54, 1.807) is 11.0 Å². The van der Waals surface area contributed by atoms with Crippen LogP contribution in [0.1, 0.15) is 50.5 Å². The Labute approximate surface area is 163 Å². The average Bonchev–Trinajstić information content (AvgIpc) is 3.12. The maximum atomic E-state index is 12.9. The molecule has 0 atom stereocenters. The molecule has 2 aliphatic heterocycles. The quantitative estimate of drug-likeness (QED) is 0.806. The lowest BCUT2D eigenvalue weighted by Gasteiger charge is -2.24. The predicted octanol–water partition coefficient (Wildman–Crippen LogP) is 3.26. The van der Waals surface area contributed by atoms with Gasteiger partial charge in [-0.3, -0.25) is 14.5 Å². The van der Waals surface area contributed by atoms with Crippen LogP contribution < -0.4 is 10.2 Å². The monoisotopic (exact) mass is 389 g/mol. The minimum absolute atomic E-state index is 0.0616. The molecule has 1 saturated carbocycles. The first-order valence-corrected chi connectivity index (χ1v) is 10.1. The molecule has 1 spiro atoms. The van der Waals surface area contributed by atoms with Gasteiger partial charge in [0.25, 0.3) is 5.91 Å². The fraction of sp³-hybridized carbons (Fsp3) is 0.550. The molecule has 1 aromatic rings. The average molecular weight is 390 g/mol. The van der Waals surface area contributed by atoms with Gasteiger partial charge in [0, 0.05) is 30.2 Å². The van der Waals surface area contributed by atoms with E-state index in [9.17, 15) is 14.4 Å². The first-order chi connectivity index (χ1) is 13.0. The van der Waals surface area contributed by atoms with Crippen molar-refractivity contribution in [2.45, 2.75) is 56.9 Å². The molecule has 4 rings (SSSR count). The maximum absolute atomic E-state index is 12.9. The third-order valence-electron chi connectivity index (χ3n) is 5.96. The Balaban J connectivity index is 1.46. The minimum Gasteiger partial charge on any atom is -0.323 e. The number of imide groups is 1. The van der Waals surface area contributed by atoms with Gasteiger partial charge < -0.3 is 10.2 Å². The van der Waals surface area contributed by atoms with E-state index in [1.807, 2.05) is 12.1 Å². The number of urea groups is 1. The highest BCUT2D eigenvalue weighted by molar-refractivity contribution is 6.30. The highest BCUT2D eigenvalue weighted by Crippen LogP contribution is 2.35. The molecule has 1 saturated heterocycles. The van der Waals surface area contributed by atoms with Crippen LogP contribution in [-0.2, 0) is 16.0 Å². The van der Waals surface area contributed by atoms with Crippen molar-refractivity contribution in [3.8, 4) is 0 Å². The number of aryl methyl sites for hydroxylation is 1. The van der Waals surface area contributed by atoms with Gasteiger partial charge in [-0.25, -0.2) is 4.79 Å². The number of hydrogen-bond acceptors (Lipinski definition) is 3. The van der Waals surface area contributed by atoms with Crippen molar-refractivity contribution in [3.63, 3.8) is 0 Å². The Hall–Kier alpha value is -2.08. The normalized spacial score (nSPS) is 21.4. The van der Waals surface area contributed by atoms with Crippen LogP contribution in [0, 0.1) is 0 Å². The SMILES string of the molecule is O=C1NC2(CCCC2)C(=O)N1CCC(=O)N1CCCCc2cc(Cl)ccc21. The van der Waals surface area contributed by atoms with Gasteiger partial charge >= 0.3 is 6.03 Å². The molecule has 144 valence electrons. The van der Waals surface area contributed by atoms with Gasteiger partial charge in [0.15, 0.2) is 0 Å². The van der Waals surface area contributed by atoms with E-state index in [1.165, 1.54) is 4.90 Å². The fourth-order valence-corrected chi connectivity index (χ4v) is 4.72. The number of hydrogen-bond donors (Lipinski definition) is 1. The summed E-state index contributed by atoms with van der Waals surface area (Å²) < 4.78 is 0. The molecular formula is C20H24ClN3O3. The molecule has 0 radical (unpaired) electrons. The smallest absolute Gasteiger partial charge is 0.323 e. The molecule has 1 N–H and O–H groups in total. The van der Waals surface area contributed by atoms with E-state index >= 15 is 0 Å². The number of carbonyl (C=O) groups excluding carboxylic acids is 3. The molecule has 27 heavy (non-hydrogen) atoms. The van der Waals surface area contributed by atoms with E-state index in [4.69, 9.17) is 11.6 Å². The summed E-state index contributed by atoms with van der Waals surface area (Å²) in [5, 5.41) is 3.53. The van der Waals surface area contributed by atoms with Gasteiger partial charge in [0.2, 0.25) is 5.91 Å². The lowest BCUT2D eigenvalue weighted by Crippen LogP contribution is -2.44. The summed E-state index contributed by atoms with van der Waals surface area (Å²) in [6.45, 7) is 0.780. The summed E-state index contributed by atoms with van der Waals surface area (Å²) in [5.74, 6) is -0.228. The summed E-state index contributed by atoms with van der Waals surface area (Å²) in [6.07, 6.45) is 6.26. The number of nitrogens with zero attached hydrogens (tertiary/aromatic N) is 2. The van der Waals surface area contributed by atoms with E-state index in [0.29, 0.717) is 24.4 Å². The molecule has 6 nitrogen and oxygen atoms in total. The van der Waals surface area contributed by atoms with Gasteiger partial charge in [-0.2, -0.15) is 0 Å². The molecule has 4 amide bonds. The molecular weight excluding hydrogens is 366 g/mol. The minimum atomic E-state index is -0.716. The summed E-state index contributed by atoms with van der Waals surface area (Å²) in [4.78, 5) is 40.9. The molecule has 0 bridgehead atoms. The Kier molecular flexibility index (Phi) is 4.84. The molecule has 1 aromatic carbocycles. The van der Waals surface area contributed by atoms with Gasteiger partial charge in [-0.05, 0) is 55.9 Å². The van der Waals surface area contributed by atoms with Crippen LogP contribution in [0.15, 0.2) is 18.2 Å². The van der Waals surface area contributed by atoms with E-state index in [-0.39, 0.29) is 30.8 Å². The topological polar surface area (TPSA) is 69.7 Å². The number of nitrogens with one attached hydrogen (secondary N) is 1. The van der Waals surface area contributed by atoms with Crippen LogP contribution in [-0.4, -0.2) is 41.4 Å². The zero-order valence-corrected chi connectivity index (χ0v) is 16.1. The van der Waals surface area contributed by atoms with Gasteiger partial charge in [-0.1, -0.05) is 24.4 Å². The molecule has 0 unspecified atom stereocenters. The molecule has 2 heterocycles. The number of halogens is 1. The summed E-state index contributed by atoms with van der Waals surface area (Å²) >= 11 is 6.10. The van der Waals surface area contributed by atoms with Gasteiger partial charge in [0.05, 0.1) is 0 Å². The Morgan fingerprint density at radius 3 is 2.70 bits per heavy atom. The number of rotatable bonds is 3. The Bertz CT molecular complexity index is 789. The molecule has 1 aliphatic carbocycles. The van der Waals surface area contributed by atoms with Crippen LogP contribution in [0.3, 0.4) is 0 Å². The van der Waals surface area contributed by atoms with E-state index < -0.39 is 5.54 Å². The third kappa shape index (κ3) is 3.31. The zero-order valence-electron chi connectivity index (χ0n) is 15.3. The summed E-state index contributed by atoms with van der Waals surface area (Å²) in [6, 6.07) is 5.25. The van der Waals surface area contributed by atoms with Crippen molar-refractivity contribution in [1.82, 2.24) is 10.2 Å². The number of carbonyl (C=O) groups is 3. The van der Waals surface area contributed by atoms with Crippen molar-refractivity contribution in [3.05, 3.63) is 28.8 Å². The third-order valence-corrected chi connectivity index (χ3v) is 6.20. The van der Waals surface area contributed by atoms with E-state index in [0.717, 1.165) is 43.4 Å². The highest BCUT2D eigenvalue weighted by atomic mass is 35.5. The number of anilines is 1. The maximum Gasteiger partial charge on any atom is 0.325 e. The molecule has 2 fully saturated rings. The van der Waals surface area contributed by atoms with E-state index in [2.05, 4.69) is 5.32 Å². The van der Waals surface area contributed by atoms with Crippen LogP contribution in [0.25, 0.3) is 0 Å². The lowest BCUT2D eigenvalue weighted by molar-refractivity contribution is -0.131. The first-order valence-electron chi connectivity index (χ1n) is 9.73. The highest BCUT2D eigenvalue weighted by Gasteiger charge is 2.52. The number of amides is 4. The van der Waals surface area contributed by atoms with Crippen LogP contribution >= 0.6 is 11.6 Å². The fourth-order valence-electron chi connectivity index (χ4n) is 4.52. The first kappa shape index (κ1) is 18.3. The predicted molar refractivity (Wildman–Crippen MR) is 103 cm³/mol. The summed E-state index contributed by atoms with van der Waals surface area (Å²) in [5.41, 5.74) is 1.26. The van der Waals surface area contributed by atoms with Crippen LogP contribution in [0.2, 0.25) is 5.02 Å². The molecule has 7 heteroatoms. The second kappa shape index (κ2) is 7.15. The zero-order chi connectivity index (χ0) is 19.0. The van der Waals surface area contributed by atoms with Crippen LogP contribution in [0.5, 0.6) is 0 Å². The van der Waals surface area contributed by atoms with Crippen molar-refractivity contribution < 1.29 is 14.4 Å². The standard InChI is InChI=1S/C20H24ClN3O3/c21-15-6-7-16-14(13-15)5-1-4-11-23(16)17(25)8-12-24-18(26)20(22-19(24)27)9-2-3-10-20/h6-7,13H,1-5,8-12H2,(H,22,27). The Morgan fingerprint density at radius 1 is 1.15 bits per heavy atom. The van der Waals surface area contributed by atoms with Crippen molar-refractivity contribution >= 4 is 35.1 Å². The largest absolute Gasteiger partial charge is 0.325 e. The van der Waals surface area contributed by atoms with Crippen molar-refractivity contribution in [1.29, 1.82) is 0 Å². The Morgan fingerprint density at radius 2 is 1.93 bits per heavy atom. The number of benzene rings is 1. The number of fused-ring (bicyclic) bond motifs is 1. The van der Waals surface area contributed by atoms with Crippen LogP contribution in [0.4, 0.5) is 10.5 Å². The second-order valence-corrected chi connectivity index (χ2v) is 8.14. The molecule has 3 aliphatic rings.